The van der Waals surface area contributed by atoms with Gasteiger partial charge in [0.25, 0.3) is 0 Å². The normalized spacial score (nSPS) is 30.2. The molecule has 0 spiro atoms. The van der Waals surface area contributed by atoms with E-state index in [1.807, 2.05) is 0 Å². The van der Waals surface area contributed by atoms with E-state index in [4.69, 9.17) is 5.73 Å². The lowest BCUT2D eigenvalue weighted by Crippen LogP contribution is -2.46. The van der Waals surface area contributed by atoms with Gasteiger partial charge in [0, 0.05) is 5.92 Å². The third-order valence-electron chi connectivity index (χ3n) is 2.66. The van der Waals surface area contributed by atoms with Gasteiger partial charge in [-0.05, 0) is 39.5 Å². The zero-order valence-electron chi connectivity index (χ0n) is 8.35. The number of carbonyl (C=O) groups excluding carboxylic acids is 1. The number of rotatable bonds is 2. The number of ketones is 1. The van der Waals surface area contributed by atoms with Crippen molar-refractivity contribution in [2.75, 3.05) is 0 Å². The second kappa shape index (κ2) is 3.74. The summed E-state index contributed by atoms with van der Waals surface area (Å²) in [7, 11) is 0. The molecule has 0 atom stereocenters. The molecule has 2 N–H and O–H groups in total. The van der Waals surface area contributed by atoms with Gasteiger partial charge in [0.2, 0.25) is 0 Å². The van der Waals surface area contributed by atoms with Gasteiger partial charge in [0.1, 0.15) is 6.17 Å². The summed E-state index contributed by atoms with van der Waals surface area (Å²) < 4.78 is 12.8. The third-order valence-corrected chi connectivity index (χ3v) is 2.66. The minimum absolute atomic E-state index is 0.00741. The van der Waals surface area contributed by atoms with Crippen molar-refractivity contribution in [1.29, 1.82) is 0 Å². The monoisotopic (exact) mass is 187 g/mol. The lowest BCUT2D eigenvalue weighted by molar-refractivity contribution is -0.128. The highest BCUT2D eigenvalue weighted by Gasteiger charge is 2.32. The van der Waals surface area contributed by atoms with Gasteiger partial charge in [-0.3, -0.25) is 4.79 Å². The molecule has 76 valence electrons. The Morgan fingerprint density at radius 2 is 1.77 bits per heavy atom. The first kappa shape index (κ1) is 10.6. The molecular weight excluding hydrogens is 169 g/mol. The average Bonchev–Trinajstić information content (AvgIpc) is 2.03. The zero-order chi connectivity index (χ0) is 10.1. The molecule has 0 saturated heterocycles. The molecule has 1 rings (SSSR count). The van der Waals surface area contributed by atoms with E-state index < -0.39 is 11.7 Å². The van der Waals surface area contributed by atoms with Crippen LogP contribution in [0.3, 0.4) is 0 Å². The molecule has 13 heavy (non-hydrogen) atoms. The van der Waals surface area contributed by atoms with Crippen LogP contribution in [0, 0.1) is 5.92 Å². The number of carbonyl (C=O) groups is 1. The Labute approximate surface area is 78.7 Å². The minimum atomic E-state index is -0.756. The van der Waals surface area contributed by atoms with Crippen LogP contribution in [-0.4, -0.2) is 17.5 Å². The van der Waals surface area contributed by atoms with E-state index in [9.17, 15) is 9.18 Å². The Kier molecular flexibility index (Phi) is 3.06. The summed E-state index contributed by atoms with van der Waals surface area (Å²) in [4.78, 5) is 11.7. The third kappa shape index (κ3) is 2.76. The first-order chi connectivity index (χ1) is 5.91. The van der Waals surface area contributed by atoms with Crippen molar-refractivity contribution in [2.45, 2.75) is 51.2 Å². The smallest absolute Gasteiger partial charge is 0.155 e. The Bertz CT molecular complexity index is 190. The molecule has 2 nitrogen and oxygen atoms in total. The summed E-state index contributed by atoms with van der Waals surface area (Å²) in [6, 6.07) is 0. The maximum atomic E-state index is 12.8. The molecule has 0 aromatic carbocycles. The van der Waals surface area contributed by atoms with Crippen LogP contribution >= 0.6 is 0 Å². The molecule has 3 heteroatoms. The van der Waals surface area contributed by atoms with E-state index >= 15 is 0 Å². The number of alkyl halides is 1. The van der Waals surface area contributed by atoms with E-state index in [-0.39, 0.29) is 11.7 Å². The highest BCUT2D eigenvalue weighted by Crippen LogP contribution is 2.28. The molecule has 0 aliphatic heterocycles. The summed E-state index contributed by atoms with van der Waals surface area (Å²) in [6.45, 7) is 3.44. The maximum Gasteiger partial charge on any atom is 0.155 e. The van der Waals surface area contributed by atoms with E-state index in [0.29, 0.717) is 25.7 Å². The zero-order valence-corrected chi connectivity index (χ0v) is 8.35. The quantitative estimate of drug-likeness (QED) is 0.716. The van der Waals surface area contributed by atoms with Crippen LogP contribution in [0.4, 0.5) is 4.39 Å². The van der Waals surface area contributed by atoms with Gasteiger partial charge >= 0.3 is 0 Å². The Balaban J connectivity index is 2.50. The van der Waals surface area contributed by atoms with Crippen LogP contribution in [0.1, 0.15) is 39.5 Å². The molecule has 0 aromatic heterocycles. The lowest BCUT2D eigenvalue weighted by atomic mass is 9.79. The first-order valence-electron chi connectivity index (χ1n) is 4.88. The molecule has 0 bridgehead atoms. The van der Waals surface area contributed by atoms with Gasteiger partial charge in [0.15, 0.2) is 5.78 Å². The minimum Gasteiger partial charge on any atom is -0.319 e. The fourth-order valence-electron chi connectivity index (χ4n) is 1.84. The first-order valence-corrected chi connectivity index (χ1v) is 4.88. The predicted molar refractivity (Wildman–Crippen MR) is 50.1 cm³/mol. The van der Waals surface area contributed by atoms with Crippen molar-refractivity contribution in [1.82, 2.24) is 0 Å². The van der Waals surface area contributed by atoms with Gasteiger partial charge < -0.3 is 5.73 Å². The van der Waals surface area contributed by atoms with E-state index in [2.05, 4.69) is 0 Å². The second-order valence-corrected chi connectivity index (χ2v) is 4.53. The summed E-state index contributed by atoms with van der Waals surface area (Å²) in [5.74, 6) is 0.0754. The number of Topliss-reactive ketones (excluding diaryl/α,β-unsaturated/α-hetero) is 1. The largest absolute Gasteiger partial charge is 0.319 e. The highest BCUT2D eigenvalue weighted by atomic mass is 19.1. The molecule has 1 saturated carbocycles. The van der Waals surface area contributed by atoms with Crippen molar-refractivity contribution in [3.8, 4) is 0 Å². The number of nitrogens with two attached hydrogens (primary N) is 1. The van der Waals surface area contributed by atoms with E-state index in [1.54, 1.807) is 13.8 Å². The molecule has 0 heterocycles. The predicted octanol–water partition coefficient (Wildman–Crippen LogP) is 1.82. The van der Waals surface area contributed by atoms with Crippen LogP contribution in [0.25, 0.3) is 0 Å². The molecular formula is C10H18FNO. The molecule has 1 fully saturated rings. The van der Waals surface area contributed by atoms with Crippen LogP contribution in [0.15, 0.2) is 0 Å². The fourth-order valence-corrected chi connectivity index (χ4v) is 1.84. The maximum absolute atomic E-state index is 12.8. The second-order valence-electron chi connectivity index (χ2n) is 4.53. The Hall–Kier alpha value is -0.440. The lowest BCUT2D eigenvalue weighted by Gasteiger charge is -2.28. The van der Waals surface area contributed by atoms with Crippen molar-refractivity contribution in [3.63, 3.8) is 0 Å². The van der Waals surface area contributed by atoms with Gasteiger partial charge in [-0.1, -0.05) is 0 Å². The molecule has 1 aliphatic rings. The molecule has 0 radical (unpaired) electrons. The van der Waals surface area contributed by atoms with Crippen LogP contribution in [0.5, 0.6) is 0 Å². The molecule has 1 aliphatic carbocycles. The topological polar surface area (TPSA) is 43.1 Å². The Morgan fingerprint density at radius 3 is 2.15 bits per heavy atom. The average molecular weight is 187 g/mol. The SMILES string of the molecule is CC(C)(N)C(=O)C1CCC(F)CC1. The molecule has 0 amide bonds. The van der Waals surface area contributed by atoms with Crippen LogP contribution < -0.4 is 5.73 Å². The van der Waals surface area contributed by atoms with Crippen LogP contribution in [0.2, 0.25) is 0 Å². The highest BCUT2D eigenvalue weighted by molar-refractivity contribution is 5.89. The van der Waals surface area contributed by atoms with Gasteiger partial charge in [0.05, 0.1) is 5.54 Å². The molecule has 0 unspecified atom stereocenters. The summed E-state index contributed by atoms with van der Waals surface area (Å²) >= 11 is 0. The van der Waals surface area contributed by atoms with Crippen LogP contribution in [-0.2, 0) is 4.79 Å². The summed E-state index contributed by atoms with van der Waals surface area (Å²) in [5, 5.41) is 0. The molecule has 0 aromatic rings. The Morgan fingerprint density at radius 1 is 1.31 bits per heavy atom. The number of hydrogen-bond acceptors (Lipinski definition) is 2. The standard InChI is InChI=1S/C10H18FNO/c1-10(2,12)9(13)7-3-5-8(11)6-4-7/h7-8H,3-6,12H2,1-2H3. The number of hydrogen-bond donors (Lipinski definition) is 1. The van der Waals surface area contributed by atoms with Crippen molar-refractivity contribution in [3.05, 3.63) is 0 Å². The van der Waals surface area contributed by atoms with E-state index in [1.165, 1.54) is 0 Å². The van der Waals surface area contributed by atoms with Crippen molar-refractivity contribution < 1.29 is 9.18 Å². The van der Waals surface area contributed by atoms with Crippen molar-refractivity contribution >= 4 is 5.78 Å². The summed E-state index contributed by atoms with van der Waals surface area (Å²) in [5.41, 5.74) is 4.95. The van der Waals surface area contributed by atoms with Crippen molar-refractivity contribution in [2.24, 2.45) is 11.7 Å². The summed E-state index contributed by atoms with van der Waals surface area (Å²) in [6.07, 6.45) is 1.67. The van der Waals surface area contributed by atoms with Gasteiger partial charge in [-0.2, -0.15) is 0 Å². The van der Waals surface area contributed by atoms with Gasteiger partial charge in [-0.25, -0.2) is 4.39 Å². The fraction of sp³-hybridized carbons (Fsp3) is 0.900. The van der Waals surface area contributed by atoms with E-state index in [0.717, 1.165) is 0 Å². The van der Waals surface area contributed by atoms with Gasteiger partial charge in [-0.15, -0.1) is 0 Å². The number of halogens is 1.